The highest BCUT2D eigenvalue weighted by Crippen LogP contribution is 2.26. The van der Waals surface area contributed by atoms with E-state index in [9.17, 15) is 8.42 Å². The second-order valence-corrected chi connectivity index (χ2v) is 7.37. The number of hydrogen-bond acceptors (Lipinski definition) is 4. The fourth-order valence-electron chi connectivity index (χ4n) is 2.10. The van der Waals surface area contributed by atoms with Crippen LogP contribution in [0.3, 0.4) is 0 Å². The predicted octanol–water partition coefficient (Wildman–Crippen LogP) is 1.25. The lowest BCUT2D eigenvalue weighted by Gasteiger charge is -2.35. The van der Waals surface area contributed by atoms with E-state index in [1.807, 2.05) is 6.92 Å². The van der Waals surface area contributed by atoms with Gasteiger partial charge in [0.1, 0.15) is 0 Å². The molecule has 1 aliphatic rings. The van der Waals surface area contributed by atoms with Gasteiger partial charge in [0.25, 0.3) is 10.0 Å². The summed E-state index contributed by atoms with van der Waals surface area (Å²) in [5.74, 6) is 0. The topological polar surface area (TPSA) is 64.4 Å². The van der Waals surface area contributed by atoms with Crippen molar-refractivity contribution in [2.24, 2.45) is 7.05 Å². The van der Waals surface area contributed by atoms with Crippen molar-refractivity contribution < 1.29 is 13.2 Å². The Balaban J connectivity index is 2.34. The number of nitrogens with zero attached hydrogens (tertiary/aromatic N) is 3. The molecule has 9 heteroatoms. The number of aryl methyl sites for hydroxylation is 1. The lowest BCUT2D eigenvalue weighted by Crippen LogP contribution is -2.50. The summed E-state index contributed by atoms with van der Waals surface area (Å²) in [6.07, 6.45) is 1.02. The second-order valence-electron chi connectivity index (χ2n) is 4.47. The van der Waals surface area contributed by atoms with Crippen molar-refractivity contribution in [3.8, 4) is 0 Å². The number of alkyl halides is 1. The maximum atomic E-state index is 12.6. The monoisotopic (exact) mass is 371 g/mol. The summed E-state index contributed by atoms with van der Waals surface area (Å²) in [7, 11) is -2.09. The highest BCUT2D eigenvalue weighted by atomic mass is 79.9. The summed E-state index contributed by atoms with van der Waals surface area (Å²) in [6, 6.07) is 0. The van der Waals surface area contributed by atoms with E-state index in [-0.39, 0.29) is 22.3 Å². The van der Waals surface area contributed by atoms with Gasteiger partial charge in [0, 0.05) is 25.5 Å². The minimum atomic E-state index is -3.65. The summed E-state index contributed by atoms with van der Waals surface area (Å²) in [4.78, 5) is 0. The van der Waals surface area contributed by atoms with Crippen molar-refractivity contribution in [1.29, 1.82) is 0 Å². The molecule has 2 heterocycles. The summed E-state index contributed by atoms with van der Waals surface area (Å²) >= 11 is 9.25. The normalized spacial score (nSPS) is 25.7. The van der Waals surface area contributed by atoms with Gasteiger partial charge < -0.3 is 4.74 Å². The Morgan fingerprint density at radius 3 is 2.79 bits per heavy atom. The third-order valence-corrected chi connectivity index (χ3v) is 5.95. The largest absolute Gasteiger partial charge is 0.372 e. The Bertz CT molecular complexity index is 543. The predicted molar refractivity (Wildman–Crippen MR) is 75.1 cm³/mol. The van der Waals surface area contributed by atoms with Crippen LogP contribution in [-0.2, 0) is 21.8 Å². The van der Waals surface area contributed by atoms with Crippen LogP contribution < -0.4 is 0 Å². The van der Waals surface area contributed by atoms with Crippen molar-refractivity contribution in [2.75, 3.05) is 18.4 Å². The highest BCUT2D eigenvalue weighted by molar-refractivity contribution is 9.09. The number of aromatic nitrogens is 2. The molecule has 6 nitrogen and oxygen atoms in total. The van der Waals surface area contributed by atoms with Crippen molar-refractivity contribution >= 4 is 37.6 Å². The van der Waals surface area contributed by atoms with Crippen molar-refractivity contribution in [3.05, 3.63) is 11.2 Å². The Hall–Kier alpha value is -0.150. The number of ether oxygens (including phenoxy) is 1. The Morgan fingerprint density at radius 2 is 2.26 bits per heavy atom. The van der Waals surface area contributed by atoms with Crippen LogP contribution in [0, 0.1) is 0 Å². The Kier molecular flexibility index (Phi) is 4.56. The summed E-state index contributed by atoms with van der Waals surface area (Å²) in [5, 5.41) is 4.62. The summed E-state index contributed by atoms with van der Waals surface area (Å²) in [6.45, 7) is 2.47. The molecule has 1 aliphatic heterocycles. The maximum absolute atomic E-state index is 12.6. The quantitative estimate of drug-likeness (QED) is 0.749. The van der Waals surface area contributed by atoms with E-state index >= 15 is 0 Å². The molecular weight excluding hydrogens is 358 g/mol. The molecule has 0 saturated carbocycles. The molecule has 0 amide bonds. The molecule has 2 rings (SSSR count). The van der Waals surface area contributed by atoms with Crippen LogP contribution in [-0.4, -0.2) is 53.1 Å². The van der Waals surface area contributed by atoms with E-state index in [1.54, 1.807) is 7.05 Å². The number of sulfonamides is 1. The first kappa shape index (κ1) is 15.2. The van der Waals surface area contributed by atoms with Crippen LogP contribution >= 0.6 is 27.5 Å². The van der Waals surface area contributed by atoms with Gasteiger partial charge >= 0.3 is 0 Å². The first-order chi connectivity index (χ1) is 8.86. The number of morpholine rings is 1. The average Bonchev–Trinajstić information content (AvgIpc) is 2.68. The Labute approximate surface area is 125 Å². The number of rotatable bonds is 3. The molecule has 0 aromatic carbocycles. The lowest BCUT2D eigenvalue weighted by atomic mass is 10.3. The molecule has 108 valence electrons. The van der Waals surface area contributed by atoms with Crippen molar-refractivity contribution in [3.63, 3.8) is 0 Å². The zero-order chi connectivity index (χ0) is 14.2. The number of hydrogen-bond donors (Lipinski definition) is 0. The molecule has 2 unspecified atom stereocenters. The number of halogens is 2. The molecule has 1 aromatic rings. The van der Waals surface area contributed by atoms with E-state index in [0.717, 1.165) is 0 Å². The van der Waals surface area contributed by atoms with Gasteiger partial charge in [-0.15, -0.1) is 0 Å². The Morgan fingerprint density at radius 1 is 1.58 bits per heavy atom. The smallest absolute Gasteiger partial charge is 0.261 e. The summed E-state index contributed by atoms with van der Waals surface area (Å²) < 4.78 is 33.5. The zero-order valence-electron chi connectivity index (χ0n) is 10.6. The van der Waals surface area contributed by atoms with E-state index in [1.165, 1.54) is 15.2 Å². The van der Waals surface area contributed by atoms with Crippen LogP contribution in [0.15, 0.2) is 11.2 Å². The first-order valence-corrected chi connectivity index (χ1v) is 8.69. The second kappa shape index (κ2) is 5.69. The van der Waals surface area contributed by atoms with Gasteiger partial charge in [-0.05, 0) is 6.92 Å². The third kappa shape index (κ3) is 2.97. The van der Waals surface area contributed by atoms with Gasteiger partial charge in [-0.1, -0.05) is 27.5 Å². The van der Waals surface area contributed by atoms with Gasteiger partial charge in [0.05, 0.1) is 23.4 Å². The molecule has 2 atom stereocenters. The SMILES string of the molecule is CC1CN(S(=O)(=O)c2c(Cl)cnn2C)CC(CBr)O1. The molecule has 0 radical (unpaired) electrons. The lowest BCUT2D eigenvalue weighted by molar-refractivity contribution is -0.0412. The van der Waals surface area contributed by atoms with E-state index < -0.39 is 10.0 Å². The van der Waals surface area contributed by atoms with E-state index in [0.29, 0.717) is 18.4 Å². The molecular formula is C10H15BrClN3O3S. The standard InChI is InChI=1S/C10H15BrClN3O3S/c1-7-5-15(6-8(3-11)18-7)19(16,17)10-9(12)4-13-14(10)2/h4,7-8H,3,5-6H2,1-2H3. The van der Waals surface area contributed by atoms with Crippen LogP contribution in [0.1, 0.15) is 6.92 Å². The van der Waals surface area contributed by atoms with Gasteiger partial charge in [0.2, 0.25) is 0 Å². The van der Waals surface area contributed by atoms with Gasteiger partial charge in [0.15, 0.2) is 5.03 Å². The van der Waals surface area contributed by atoms with Gasteiger partial charge in [-0.2, -0.15) is 9.40 Å². The molecule has 0 spiro atoms. The van der Waals surface area contributed by atoms with Gasteiger partial charge in [-0.3, -0.25) is 4.68 Å². The molecule has 0 N–H and O–H groups in total. The molecule has 0 aliphatic carbocycles. The minimum Gasteiger partial charge on any atom is -0.372 e. The van der Waals surface area contributed by atoms with Crippen LogP contribution in [0.5, 0.6) is 0 Å². The van der Waals surface area contributed by atoms with E-state index in [4.69, 9.17) is 16.3 Å². The fraction of sp³-hybridized carbons (Fsp3) is 0.700. The molecule has 0 bridgehead atoms. The average molecular weight is 373 g/mol. The van der Waals surface area contributed by atoms with E-state index in [2.05, 4.69) is 21.0 Å². The molecule has 1 fully saturated rings. The maximum Gasteiger partial charge on any atom is 0.261 e. The third-order valence-electron chi connectivity index (χ3n) is 2.89. The molecule has 1 aromatic heterocycles. The molecule has 19 heavy (non-hydrogen) atoms. The van der Waals surface area contributed by atoms with Crippen LogP contribution in [0.4, 0.5) is 0 Å². The van der Waals surface area contributed by atoms with Crippen molar-refractivity contribution in [2.45, 2.75) is 24.2 Å². The first-order valence-electron chi connectivity index (χ1n) is 5.75. The minimum absolute atomic E-state index is 0.0246. The fourth-order valence-corrected chi connectivity index (χ4v) is 4.61. The summed E-state index contributed by atoms with van der Waals surface area (Å²) in [5.41, 5.74) is 0. The molecule has 1 saturated heterocycles. The van der Waals surface area contributed by atoms with Crippen LogP contribution in [0.2, 0.25) is 5.02 Å². The highest BCUT2D eigenvalue weighted by Gasteiger charge is 2.36. The van der Waals surface area contributed by atoms with Gasteiger partial charge in [-0.25, -0.2) is 8.42 Å². The van der Waals surface area contributed by atoms with Crippen LogP contribution in [0.25, 0.3) is 0 Å². The zero-order valence-corrected chi connectivity index (χ0v) is 13.7. The van der Waals surface area contributed by atoms with Crippen molar-refractivity contribution in [1.82, 2.24) is 14.1 Å².